The van der Waals surface area contributed by atoms with Gasteiger partial charge in [0.05, 0.1) is 23.3 Å². The van der Waals surface area contributed by atoms with Crippen LogP contribution in [0.3, 0.4) is 0 Å². The predicted octanol–water partition coefficient (Wildman–Crippen LogP) is 2.51. The molecule has 0 aromatic heterocycles. The smallest absolute Gasteiger partial charge is 0.391 e. The molecule has 0 amide bonds. The first-order valence-electron chi connectivity index (χ1n) is 6.45. The molecular weight excluding hydrogens is 285 g/mol. The first-order valence-corrected chi connectivity index (χ1v) is 6.45. The average molecular weight is 300 g/mol. The lowest BCUT2D eigenvalue weighted by Crippen LogP contribution is -2.30. The maximum atomic E-state index is 13.0. The Hall–Kier alpha value is -1.78. The van der Waals surface area contributed by atoms with Crippen molar-refractivity contribution in [2.24, 2.45) is 0 Å². The largest absolute Gasteiger partial charge is 0.417 e. The number of halogens is 3. The van der Waals surface area contributed by atoms with Crippen molar-refractivity contribution in [1.29, 1.82) is 5.26 Å². The lowest BCUT2D eigenvalue weighted by molar-refractivity contribution is -0.137. The van der Waals surface area contributed by atoms with Gasteiger partial charge in [0.25, 0.3) is 0 Å². The van der Waals surface area contributed by atoms with Gasteiger partial charge in [0.2, 0.25) is 0 Å². The molecule has 0 unspecified atom stereocenters. The normalized spacial score (nSPS) is 24.0. The van der Waals surface area contributed by atoms with Gasteiger partial charge in [-0.15, -0.1) is 0 Å². The number of nitriles is 1. The van der Waals surface area contributed by atoms with Gasteiger partial charge in [0, 0.05) is 12.2 Å². The minimum absolute atomic E-state index is 0.294. The van der Waals surface area contributed by atoms with Crippen LogP contribution in [-0.4, -0.2) is 30.1 Å². The molecule has 0 radical (unpaired) electrons. The molecule has 1 N–H and O–H groups in total. The van der Waals surface area contributed by atoms with Gasteiger partial charge in [-0.3, -0.25) is 0 Å². The molecule has 1 aliphatic heterocycles. The number of hydrogen-bond acceptors (Lipinski definition) is 4. The van der Waals surface area contributed by atoms with Crippen molar-refractivity contribution in [3.8, 4) is 6.07 Å². The highest BCUT2D eigenvalue weighted by Gasteiger charge is 2.37. The number of benzene rings is 1. The van der Waals surface area contributed by atoms with Gasteiger partial charge in [0.1, 0.15) is 12.3 Å². The van der Waals surface area contributed by atoms with E-state index < -0.39 is 35.7 Å². The van der Waals surface area contributed by atoms with E-state index in [-0.39, 0.29) is 0 Å². The van der Waals surface area contributed by atoms with E-state index in [0.717, 1.165) is 12.1 Å². The summed E-state index contributed by atoms with van der Waals surface area (Å²) in [6.45, 7) is 3.57. The highest BCUT2D eigenvalue weighted by molar-refractivity contribution is 5.55. The van der Waals surface area contributed by atoms with Gasteiger partial charge in [-0.05, 0) is 32.0 Å². The zero-order valence-corrected chi connectivity index (χ0v) is 11.6. The molecule has 7 heteroatoms. The summed E-state index contributed by atoms with van der Waals surface area (Å²) in [6.07, 6.45) is -6.20. The van der Waals surface area contributed by atoms with Crippen LogP contribution in [0.25, 0.3) is 0 Å². The number of rotatable bonds is 2. The Balaban J connectivity index is 2.36. The summed E-state index contributed by atoms with van der Waals surface area (Å²) in [4.78, 5) is 1.63. The lowest BCUT2D eigenvalue weighted by atomic mass is 10.1. The van der Waals surface area contributed by atoms with E-state index in [1.165, 1.54) is 6.07 Å². The molecular formula is C14H15F3N2O2. The minimum Gasteiger partial charge on any atom is -0.391 e. The molecule has 1 saturated heterocycles. The van der Waals surface area contributed by atoms with Crippen LogP contribution in [0.2, 0.25) is 0 Å². The Morgan fingerprint density at radius 2 is 2.14 bits per heavy atom. The van der Waals surface area contributed by atoms with Gasteiger partial charge in [-0.1, -0.05) is 0 Å². The Morgan fingerprint density at radius 1 is 1.48 bits per heavy atom. The molecule has 4 nitrogen and oxygen atoms in total. The molecule has 0 bridgehead atoms. The standard InChI is InChI=1S/C14H15F3N2O2/c1-8(20)13-7-19(9(2)21-13)11-4-3-10(6-18)12(5-11)14(15,16)17/h3-5,8-9,13,20H,7H2,1-2H3/t8-,9-,13+/m0/s1. The number of hydrogen-bond donors (Lipinski definition) is 1. The van der Waals surface area contributed by atoms with E-state index in [2.05, 4.69) is 0 Å². The molecule has 0 aliphatic carbocycles. The van der Waals surface area contributed by atoms with Crippen LogP contribution < -0.4 is 4.90 Å². The molecule has 1 aliphatic rings. The predicted molar refractivity (Wildman–Crippen MR) is 69.5 cm³/mol. The molecule has 0 spiro atoms. The van der Waals surface area contributed by atoms with Gasteiger partial charge < -0.3 is 14.7 Å². The van der Waals surface area contributed by atoms with Crippen LogP contribution in [-0.2, 0) is 10.9 Å². The lowest BCUT2D eigenvalue weighted by Gasteiger charge is -2.23. The summed E-state index contributed by atoms with van der Waals surface area (Å²) in [5.74, 6) is 0. The minimum atomic E-state index is -4.59. The zero-order valence-electron chi connectivity index (χ0n) is 11.6. The van der Waals surface area contributed by atoms with Crippen LogP contribution in [0.15, 0.2) is 18.2 Å². The third kappa shape index (κ3) is 3.12. The number of ether oxygens (including phenoxy) is 1. The van der Waals surface area contributed by atoms with Crippen LogP contribution in [0.4, 0.5) is 18.9 Å². The SMILES string of the molecule is C[C@H](O)[C@H]1CN(c2ccc(C#N)c(C(F)(F)F)c2)[C@H](C)O1. The van der Waals surface area contributed by atoms with Crippen molar-refractivity contribution < 1.29 is 23.0 Å². The van der Waals surface area contributed by atoms with Gasteiger partial charge in [-0.2, -0.15) is 18.4 Å². The molecule has 1 aromatic rings. The number of anilines is 1. The quantitative estimate of drug-likeness (QED) is 0.912. The summed E-state index contributed by atoms with van der Waals surface area (Å²) in [6, 6.07) is 5.11. The molecule has 0 saturated carbocycles. The van der Waals surface area contributed by atoms with E-state index in [9.17, 15) is 18.3 Å². The fourth-order valence-electron chi connectivity index (χ4n) is 2.34. The second-order valence-corrected chi connectivity index (χ2v) is 5.01. The fourth-order valence-corrected chi connectivity index (χ4v) is 2.34. The van der Waals surface area contributed by atoms with Crippen molar-refractivity contribution in [2.45, 2.75) is 38.5 Å². The van der Waals surface area contributed by atoms with Crippen LogP contribution >= 0.6 is 0 Å². The maximum Gasteiger partial charge on any atom is 0.417 e. The summed E-state index contributed by atoms with van der Waals surface area (Å²) in [5.41, 5.74) is -1.06. The highest BCUT2D eigenvalue weighted by atomic mass is 19.4. The Kier molecular flexibility index (Phi) is 4.12. The molecule has 1 aromatic carbocycles. The topological polar surface area (TPSA) is 56.5 Å². The first-order chi connectivity index (χ1) is 9.74. The van der Waals surface area contributed by atoms with Crippen molar-refractivity contribution >= 4 is 5.69 Å². The van der Waals surface area contributed by atoms with Gasteiger partial charge in [-0.25, -0.2) is 0 Å². The van der Waals surface area contributed by atoms with Crippen molar-refractivity contribution in [2.75, 3.05) is 11.4 Å². The summed E-state index contributed by atoms with van der Waals surface area (Å²) in [7, 11) is 0. The van der Waals surface area contributed by atoms with Crippen LogP contribution in [0, 0.1) is 11.3 Å². The number of aliphatic hydroxyl groups excluding tert-OH is 1. The van der Waals surface area contributed by atoms with E-state index >= 15 is 0 Å². The van der Waals surface area contributed by atoms with E-state index in [0.29, 0.717) is 12.2 Å². The molecule has 1 heterocycles. The second-order valence-electron chi connectivity index (χ2n) is 5.01. The van der Waals surface area contributed by atoms with Gasteiger partial charge in [0.15, 0.2) is 0 Å². The average Bonchev–Trinajstić information content (AvgIpc) is 2.79. The maximum absolute atomic E-state index is 13.0. The molecule has 2 rings (SSSR count). The van der Waals surface area contributed by atoms with Crippen LogP contribution in [0.5, 0.6) is 0 Å². The highest BCUT2D eigenvalue weighted by Crippen LogP contribution is 2.36. The fraction of sp³-hybridized carbons (Fsp3) is 0.500. The molecule has 3 atom stereocenters. The Labute approximate surface area is 120 Å². The number of aliphatic hydroxyl groups is 1. The van der Waals surface area contributed by atoms with E-state index in [1.54, 1.807) is 24.8 Å². The van der Waals surface area contributed by atoms with E-state index in [4.69, 9.17) is 10.00 Å². The van der Waals surface area contributed by atoms with Crippen molar-refractivity contribution in [3.05, 3.63) is 29.3 Å². The molecule has 1 fully saturated rings. The van der Waals surface area contributed by atoms with Crippen LogP contribution in [0.1, 0.15) is 25.0 Å². The number of alkyl halides is 3. The third-order valence-corrected chi connectivity index (χ3v) is 3.49. The summed E-state index contributed by atoms with van der Waals surface area (Å²) >= 11 is 0. The summed E-state index contributed by atoms with van der Waals surface area (Å²) < 4.78 is 44.4. The Morgan fingerprint density at radius 3 is 2.62 bits per heavy atom. The number of nitrogens with zero attached hydrogens (tertiary/aromatic N) is 2. The van der Waals surface area contributed by atoms with Crippen molar-refractivity contribution in [1.82, 2.24) is 0 Å². The molecule has 114 valence electrons. The zero-order chi connectivity index (χ0) is 15.8. The van der Waals surface area contributed by atoms with E-state index in [1.807, 2.05) is 0 Å². The monoisotopic (exact) mass is 300 g/mol. The van der Waals surface area contributed by atoms with Crippen molar-refractivity contribution in [3.63, 3.8) is 0 Å². The molecule has 21 heavy (non-hydrogen) atoms. The third-order valence-electron chi connectivity index (χ3n) is 3.49. The summed E-state index contributed by atoms with van der Waals surface area (Å²) in [5, 5.41) is 18.3. The second kappa shape index (κ2) is 5.54. The first kappa shape index (κ1) is 15.6. The van der Waals surface area contributed by atoms with Gasteiger partial charge >= 0.3 is 6.18 Å². The Bertz CT molecular complexity index is 566.